The minimum absolute atomic E-state index is 0.0365. The van der Waals surface area contributed by atoms with E-state index in [9.17, 15) is 9.59 Å². The number of carbonyl (C=O) groups is 2. The van der Waals surface area contributed by atoms with Crippen LogP contribution in [0.25, 0.3) is 22.2 Å². The summed E-state index contributed by atoms with van der Waals surface area (Å²) in [7, 11) is 0. The molecule has 5 rings (SSSR count). The summed E-state index contributed by atoms with van der Waals surface area (Å²) in [6.07, 6.45) is 3.25. The Morgan fingerprint density at radius 2 is 2.00 bits per heavy atom. The molecule has 0 spiro atoms. The lowest BCUT2D eigenvalue weighted by Crippen LogP contribution is -2.56. The highest BCUT2D eigenvalue weighted by molar-refractivity contribution is 7.09. The Kier molecular flexibility index (Phi) is 7.85. The van der Waals surface area contributed by atoms with Gasteiger partial charge in [0, 0.05) is 65.5 Å². The topological polar surface area (TPSA) is 94.2 Å². The van der Waals surface area contributed by atoms with Crippen LogP contribution < -0.4 is 5.32 Å². The number of carbonyl (C=O) groups excluding carboxylic acids is 2. The standard InChI is InChI=1S/C29H34N6O2S/c1-4-34(5-2)29(37)26-11-9-22(17-35(26)18-23-7-6-14-38-23)31-28(36)21-8-10-25-24(16-21)27(33-32-25)20-12-13-30-19(3)15-20/h6-8,10,12-16,22,26H,4-5,9,11,17-18H2,1-3H3,(H,31,36)(H,32,33)/t22-,26+/m1/s1. The summed E-state index contributed by atoms with van der Waals surface area (Å²) < 4.78 is 0. The number of H-pyrrole nitrogens is 1. The Bertz CT molecular complexity index is 1410. The zero-order valence-electron chi connectivity index (χ0n) is 22.1. The van der Waals surface area contributed by atoms with E-state index in [2.05, 4.69) is 36.8 Å². The van der Waals surface area contributed by atoms with Crippen LogP contribution in [0.3, 0.4) is 0 Å². The molecule has 4 aromatic rings. The fourth-order valence-corrected chi connectivity index (χ4v) is 6.03. The van der Waals surface area contributed by atoms with Crippen molar-refractivity contribution in [1.82, 2.24) is 30.3 Å². The molecule has 0 radical (unpaired) electrons. The van der Waals surface area contributed by atoms with Gasteiger partial charge in [0.1, 0.15) is 5.69 Å². The van der Waals surface area contributed by atoms with Crippen molar-refractivity contribution in [2.24, 2.45) is 0 Å². The van der Waals surface area contributed by atoms with Gasteiger partial charge in [0.2, 0.25) is 5.91 Å². The quantitative estimate of drug-likeness (QED) is 0.347. The van der Waals surface area contributed by atoms with Crippen LogP contribution in [0.2, 0.25) is 0 Å². The molecular formula is C29H34N6O2S. The van der Waals surface area contributed by atoms with E-state index >= 15 is 0 Å². The van der Waals surface area contributed by atoms with E-state index in [0.717, 1.165) is 40.7 Å². The van der Waals surface area contributed by atoms with E-state index in [1.807, 2.05) is 62.1 Å². The van der Waals surface area contributed by atoms with Gasteiger partial charge in [-0.15, -0.1) is 11.3 Å². The van der Waals surface area contributed by atoms with Crippen LogP contribution in [-0.2, 0) is 11.3 Å². The monoisotopic (exact) mass is 530 g/mol. The van der Waals surface area contributed by atoms with Crippen molar-refractivity contribution in [3.63, 3.8) is 0 Å². The normalized spacial score (nSPS) is 18.0. The van der Waals surface area contributed by atoms with E-state index in [-0.39, 0.29) is 23.9 Å². The van der Waals surface area contributed by atoms with Crippen molar-refractivity contribution < 1.29 is 9.59 Å². The van der Waals surface area contributed by atoms with Gasteiger partial charge in [0.15, 0.2) is 0 Å². The van der Waals surface area contributed by atoms with Crippen LogP contribution in [0.1, 0.15) is 47.6 Å². The molecule has 0 saturated carbocycles. The van der Waals surface area contributed by atoms with Crippen LogP contribution in [0.4, 0.5) is 0 Å². The number of amides is 2. The molecule has 0 unspecified atom stereocenters. The van der Waals surface area contributed by atoms with Crippen molar-refractivity contribution in [3.05, 3.63) is 70.2 Å². The van der Waals surface area contributed by atoms with Crippen molar-refractivity contribution >= 4 is 34.1 Å². The molecule has 1 saturated heterocycles. The average Bonchev–Trinajstić information content (AvgIpc) is 3.59. The first-order chi connectivity index (χ1) is 18.5. The molecular weight excluding hydrogens is 496 g/mol. The number of aryl methyl sites for hydroxylation is 1. The van der Waals surface area contributed by atoms with Gasteiger partial charge < -0.3 is 10.2 Å². The zero-order valence-corrected chi connectivity index (χ0v) is 22.9. The number of nitrogens with zero attached hydrogens (tertiary/aromatic N) is 4. The van der Waals surface area contributed by atoms with Gasteiger partial charge in [-0.25, -0.2) is 0 Å². The van der Waals surface area contributed by atoms with Gasteiger partial charge in [0.05, 0.1) is 11.6 Å². The number of thiophene rings is 1. The van der Waals surface area contributed by atoms with E-state index in [1.54, 1.807) is 17.5 Å². The van der Waals surface area contributed by atoms with Crippen LogP contribution in [0.15, 0.2) is 54.0 Å². The lowest BCUT2D eigenvalue weighted by atomic mass is 9.96. The Labute approximate surface area is 227 Å². The average molecular weight is 531 g/mol. The summed E-state index contributed by atoms with van der Waals surface area (Å²) in [6, 6.07) is 13.5. The predicted molar refractivity (Wildman–Crippen MR) is 151 cm³/mol. The minimum Gasteiger partial charge on any atom is -0.348 e. The summed E-state index contributed by atoms with van der Waals surface area (Å²) in [6.45, 7) is 8.74. The highest BCUT2D eigenvalue weighted by Crippen LogP contribution is 2.28. The number of piperidine rings is 1. The van der Waals surface area contributed by atoms with E-state index in [0.29, 0.717) is 31.7 Å². The van der Waals surface area contributed by atoms with Gasteiger partial charge in [-0.3, -0.25) is 24.6 Å². The first kappa shape index (κ1) is 26.1. The summed E-state index contributed by atoms with van der Waals surface area (Å²) in [4.78, 5) is 36.3. The molecule has 1 aliphatic heterocycles. The fourth-order valence-electron chi connectivity index (χ4n) is 5.30. The molecule has 0 aliphatic carbocycles. The second-order valence-corrected chi connectivity index (χ2v) is 10.8. The molecule has 1 fully saturated rings. The third-order valence-electron chi connectivity index (χ3n) is 7.31. The van der Waals surface area contributed by atoms with E-state index in [4.69, 9.17) is 0 Å². The molecule has 1 aliphatic rings. The number of nitrogens with one attached hydrogen (secondary N) is 2. The lowest BCUT2D eigenvalue weighted by Gasteiger charge is -2.40. The number of aromatic nitrogens is 3. The van der Waals surface area contributed by atoms with Crippen molar-refractivity contribution in [1.29, 1.82) is 0 Å². The van der Waals surface area contributed by atoms with Crippen LogP contribution in [0, 0.1) is 6.92 Å². The molecule has 3 aromatic heterocycles. The summed E-state index contributed by atoms with van der Waals surface area (Å²) in [5.41, 5.74) is 4.15. The first-order valence-corrected chi connectivity index (χ1v) is 14.1. The maximum atomic E-state index is 13.4. The van der Waals surface area contributed by atoms with Gasteiger partial charge in [-0.2, -0.15) is 5.10 Å². The van der Waals surface area contributed by atoms with Gasteiger partial charge in [0.25, 0.3) is 5.91 Å². The molecule has 8 nitrogen and oxygen atoms in total. The van der Waals surface area contributed by atoms with Crippen molar-refractivity contribution in [2.75, 3.05) is 19.6 Å². The molecule has 4 heterocycles. The maximum absolute atomic E-state index is 13.4. The van der Waals surface area contributed by atoms with Gasteiger partial charge in [-0.1, -0.05) is 6.07 Å². The summed E-state index contributed by atoms with van der Waals surface area (Å²) in [5.74, 6) is 0.0696. The van der Waals surface area contributed by atoms with E-state index < -0.39 is 0 Å². The van der Waals surface area contributed by atoms with Crippen LogP contribution >= 0.6 is 11.3 Å². The third-order valence-corrected chi connectivity index (χ3v) is 8.17. The maximum Gasteiger partial charge on any atom is 0.251 e. The summed E-state index contributed by atoms with van der Waals surface area (Å²) >= 11 is 1.70. The van der Waals surface area contributed by atoms with Gasteiger partial charge >= 0.3 is 0 Å². The number of benzene rings is 1. The number of pyridine rings is 1. The van der Waals surface area contributed by atoms with Gasteiger partial charge in [-0.05, 0) is 75.4 Å². The minimum atomic E-state index is -0.168. The molecule has 9 heteroatoms. The molecule has 38 heavy (non-hydrogen) atoms. The highest BCUT2D eigenvalue weighted by Gasteiger charge is 2.35. The number of likely N-dealkylation sites (N-methyl/N-ethyl adjacent to an activating group) is 1. The summed E-state index contributed by atoms with van der Waals surface area (Å²) in [5, 5.41) is 13.8. The Hall–Kier alpha value is -3.56. The smallest absolute Gasteiger partial charge is 0.251 e. The second kappa shape index (κ2) is 11.4. The zero-order chi connectivity index (χ0) is 26.6. The number of aromatic amines is 1. The molecule has 2 N–H and O–H groups in total. The molecule has 0 bridgehead atoms. The first-order valence-electron chi connectivity index (χ1n) is 13.2. The number of hydrogen-bond acceptors (Lipinski definition) is 6. The Balaban J connectivity index is 1.33. The number of rotatable bonds is 8. The number of hydrogen-bond donors (Lipinski definition) is 2. The molecule has 198 valence electrons. The Morgan fingerprint density at radius 1 is 1.16 bits per heavy atom. The molecule has 2 atom stereocenters. The SMILES string of the molecule is CCN(CC)C(=O)[C@@H]1CC[C@@H](NC(=O)c2ccc3[nH]nc(-c4ccnc(C)c4)c3c2)CN1Cc1cccs1. The predicted octanol–water partition coefficient (Wildman–Crippen LogP) is 4.63. The third kappa shape index (κ3) is 5.49. The number of fused-ring (bicyclic) bond motifs is 1. The van der Waals surface area contributed by atoms with Crippen molar-refractivity contribution in [2.45, 2.75) is 52.2 Å². The molecule has 1 aromatic carbocycles. The largest absolute Gasteiger partial charge is 0.348 e. The van der Waals surface area contributed by atoms with Crippen LogP contribution in [-0.4, -0.2) is 68.5 Å². The number of likely N-dealkylation sites (tertiary alicyclic amines) is 1. The van der Waals surface area contributed by atoms with E-state index in [1.165, 1.54) is 4.88 Å². The molecule has 2 amide bonds. The fraction of sp³-hybridized carbons (Fsp3) is 0.379. The highest BCUT2D eigenvalue weighted by atomic mass is 32.1. The lowest BCUT2D eigenvalue weighted by molar-refractivity contribution is -0.138. The Morgan fingerprint density at radius 3 is 2.74 bits per heavy atom. The van der Waals surface area contributed by atoms with Crippen LogP contribution in [0.5, 0.6) is 0 Å². The second-order valence-electron chi connectivity index (χ2n) is 9.80. The van der Waals surface area contributed by atoms with Crippen molar-refractivity contribution in [3.8, 4) is 11.3 Å².